The van der Waals surface area contributed by atoms with Gasteiger partial charge in [0.15, 0.2) is 0 Å². The van der Waals surface area contributed by atoms with Gasteiger partial charge < -0.3 is 17.3 Å². The minimum atomic E-state index is -6.00. The Morgan fingerprint density at radius 2 is 1.62 bits per heavy atom. The van der Waals surface area contributed by atoms with Gasteiger partial charge in [0.1, 0.15) is 5.69 Å². The van der Waals surface area contributed by atoms with E-state index in [0.717, 1.165) is 12.8 Å². The van der Waals surface area contributed by atoms with Crippen LogP contribution in [0, 0.1) is 20.8 Å². The molecular weight excluding hydrogens is 381 g/mol. The third kappa shape index (κ3) is 5.46. The number of halogens is 4. The summed E-state index contributed by atoms with van der Waals surface area (Å²) in [5, 5.41) is 4.88. The van der Waals surface area contributed by atoms with Crippen molar-refractivity contribution >= 4 is 7.25 Å². The summed E-state index contributed by atoms with van der Waals surface area (Å²) in [5.41, 5.74) is 6.50. The highest BCUT2D eigenvalue weighted by molar-refractivity contribution is 6.50. The zero-order chi connectivity index (χ0) is 21.2. The molecule has 3 aromatic rings. The molecule has 0 saturated heterocycles. The van der Waals surface area contributed by atoms with E-state index in [0.29, 0.717) is 6.04 Å². The third-order valence-electron chi connectivity index (χ3n) is 5.03. The molecule has 1 atom stereocenters. The summed E-state index contributed by atoms with van der Waals surface area (Å²) >= 11 is 0. The van der Waals surface area contributed by atoms with Crippen LogP contribution in [0.15, 0.2) is 48.8 Å². The lowest BCUT2D eigenvalue weighted by Crippen LogP contribution is -2.37. The molecule has 0 N–H and O–H groups in total. The number of hydrogen-bond acceptors (Lipinski definition) is 1. The minimum absolute atomic E-state index is 0.516. The Balaban J connectivity index is 0.000000431. The fourth-order valence-corrected chi connectivity index (χ4v) is 4.03. The maximum absolute atomic E-state index is 9.75. The predicted molar refractivity (Wildman–Crippen MR) is 106 cm³/mol. The van der Waals surface area contributed by atoms with Gasteiger partial charge in [-0.3, -0.25) is 0 Å². The van der Waals surface area contributed by atoms with Crippen molar-refractivity contribution in [2.75, 3.05) is 0 Å². The van der Waals surface area contributed by atoms with Gasteiger partial charge in [0, 0.05) is 17.9 Å². The first-order valence-corrected chi connectivity index (χ1v) is 9.61. The molecule has 0 unspecified atom stereocenters. The van der Waals surface area contributed by atoms with Crippen molar-refractivity contribution in [1.82, 2.24) is 9.78 Å². The molecule has 4 rings (SSSR count). The standard InChI is InChI=1S/C21H24N3.BF4/c1-15-11-16(2)21(17(3)12-15)24-14-23-19(9-10-20(23)22-24)13-18-7-5-4-6-8-18;2-1(3,4)5/h4-8,11-12,14,19H,9-10,13H2,1-3H3;/q+1;-1/t19-;/m1./s1. The van der Waals surface area contributed by atoms with Gasteiger partial charge in [0.2, 0.25) is 6.33 Å². The Kier molecular flexibility index (Phi) is 6.10. The molecule has 0 radical (unpaired) electrons. The van der Waals surface area contributed by atoms with Crippen LogP contribution in [0.3, 0.4) is 0 Å². The number of aromatic nitrogens is 3. The molecule has 3 nitrogen and oxygen atoms in total. The first-order chi connectivity index (χ1) is 13.6. The van der Waals surface area contributed by atoms with Gasteiger partial charge in [0.25, 0.3) is 5.82 Å². The highest BCUT2D eigenvalue weighted by atomic mass is 19.5. The van der Waals surface area contributed by atoms with E-state index in [1.807, 2.05) is 0 Å². The Morgan fingerprint density at radius 1 is 1.03 bits per heavy atom. The van der Waals surface area contributed by atoms with E-state index in [4.69, 9.17) is 5.10 Å². The van der Waals surface area contributed by atoms with E-state index >= 15 is 0 Å². The Bertz CT molecular complexity index is 954. The number of hydrogen-bond donors (Lipinski definition) is 0. The van der Waals surface area contributed by atoms with Crippen molar-refractivity contribution < 1.29 is 21.8 Å². The molecule has 0 aliphatic carbocycles. The summed E-state index contributed by atoms with van der Waals surface area (Å²) < 4.78 is 43.5. The molecule has 0 saturated carbocycles. The Labute approximate surface area is 168 Å². The van der Waals surface area contributed by atoms with Crippen LogP contribution in [-0.2, 0) is 12.8 Å². The first kappa shape index (κ1) is 21.1. The fraction of sp³-hybridized carbons (Fsp3) is 0.333. The lowest BCUT2D eigenvalue weighted by Gasteiger charge is -2.09. The summed E-state index contributed by atoms with van der Waals surface area (Å²) in [5.74, 6) is 1.20. The average Bonchev–Trinajstić information content (AvgIpc) is 3.15. The molecule has 0 spiro atoms. The van der Waals surface area contributed by atoms with E-state index in [1.54, 1.807) is 0 Å². The van der Waals surface area contributed by atoms with Gasteiger partial charge in [-0.1, -0.05) is 52.7 Å². The van der Waals surface area contributed by atoms with Crippen LogP contribution in [0.1, 0.15) is 40.5 Å². The molecule has 0 amide bonds. The van der Waals surface area contributed by atoms with Gasteiger partial charge in [-0.15, -0.1) is 0 Å². The molecule has 0 bridgehead atoms. The number of aryl methyl sites for hydroxylation is 4. The lowest BCUT2D eigenvalue weighted by atomic mass is 10.0. The van der Waals surface area contributed by atoms with E-state index in [-0.39, 0.29) is 0 Å². The van der Waals surface area contributed by atoms with Crippen molar-refractivity contribution in [2.24, 2.45) is 0 Å². The fourth-order valence-electron chi connectivity index (χ4n) is 4.03. The predicted octanol–water partition coefficient (Wildman–Crippen LogP) is 5.12. The molecule has 2 heterocycles. The molecule has 2 aromatic carbocycles. The van der Waals surface area contributed by atoms with E-state index in [9.17, 15) is 17.3 Å². The van der Waals surface area contributed by atoms with Crippen molar-refractivity contribution in [3.63, 3.8) is 0 Å². The smallest absolute Gasteiger partial charge is 0.418 e. The molecule has 1 aliphatic heterocycles. The summed E-state index contributed by atoms with van der Waals surface area (Å²) in [6.07, 6.45) is 5.52. The number of nitrogens with zero attached hydrogens (tertiary/aromatic N) is 3. The summed E-state index contributed by atoms with van der Waals surface area (Å²) in [6, 6.07) is 15.8. The van der Waals surface area contributed by atoms with Crippen LogP contribution in [0.4, 0.5) is 17.3 Å². The van der Waals surface area contributed by atoms with Crippen molar-refractivity contribution in [1.29, 1.82) is 0 Å². The molecule has 29 heavy (non-hydrogen) atoms. The minimum Gasteiger partial charge on any atom is -0.418 e. The molecule has 154 valence electrons. The van der Waals surface area contributed by atoms with Crippen molar-refractivity contribution in [2.45, 2.75) is 46.1 Å². The third-order valence-corrected chi connectivity index (χ3v) is 5.03. The first-order valence-electron chi connectivity index (χ1n) is 9.61. The normalized spacial score (nSPS) is 15.6. The highest BCUT2D eigenvalue weighted by Crippen LogP contribution is 2.24. The van der Waals surface area contributed by atoms with Gasteiger partial charge in [-0.2, -0.15) is 0 Å². The van der Waals surface area contributed by atoms with Gasteiger partial charge in [0.05, 0.1) is 6.04 Å². The average molecular weight is 405 g/mol. The molecule has 1 aliphatic rings. The second-order valence-electron chi connectivity index (χ2n) is 7.51. The van der Waals surface area contributed by atoms with Gasteiger partial charge in [-0.05, 0) is 43.9 Å². The summed E-state index contributed by atoms with van der Waals surface area (Å²) in [7, 11) is -6.00. The zero-order valence-electron chi connectivity index (χ0n) is 16.7. The van der Waals surface area contributed by atoms with E-state index in [2.05, 4.69) is 78.8 Å². The topological polar surface area (TPSA) is 21.7 Å². The highest BCUT2D eigenvalue weighted by Gasteiger charge is 2.32. The van der Waals surface area contributed by atoms with Crippen LogP contribution in [0.25, 0.3) is 5.69 Å². The van der Waals surface area contributed by atoms with Crippen molar-refractivity contribution in [3.8, 4) is 5.69 Å². The second kappa shape index (κ2) is 8.39. The van der Waals surface area contributed by atoms with Gasteiger partial charge >= 0.3 is 7.25 Å². The maximum Gasteiger partial charge on any atom is 0.673 e. The van der Waals surface area contributed by atoms with Gasteiger partial charge in [-0.25, -0.2) is 4.57 Å². The largest absolute Gasteiger partial charge is 0.673 e. The monoisotopic (exact) mass is 405 g/mol. The molecule has 8 heteroatoms. The van der Waals surface area contributed by atoms with E-state index < -0.39 is 7.25 Å². The maximum atomic E-state index is 9.75. The SMILES string of the molecule is Cc1cc(C)c(-n2c[n+]3c(n2)CC[C@@H]3Cc2ccccc2)c(C)c1.F[B-](F)(F)F. The van der Waals surface area contributed by atoms with E-state index in [1.165, 1.54) is 40.2 Å². The zero-order valence-corrected chi connectivity index (χ0v) is 16.7. The van der Waals surface area contributed by atoms with Crippen LogP contribution < -0.4 is 4.57 Å². The molecule has 1 aromatic heterocycles. The number of benzene rings is 2. The molecule has 0 fully saturated rings. The lowest BCUT2D eigenvalue weighted by molar-refractivity contribution is -0.716. The summed E-state index contributed by atoms with van der Waals surface area (Å²) in [6.45, 7) is 6.50. The Morgan fingerprint density at radius 3 is 2.21 bits per heavy atom. The number of rotatable bonds is 3. The van der Waals surface area contributed by atoms with Crippen molar-refractivity contribution in [3.05, 3.63) is 76.9 Å². The summed E-state index contributed by atoms with van der Waals surface area (Å²) in [4.78, 5) is 0. The van der Waals surface area contributed by atoms with Crippen LogP contribution in [-0.4, -0.2) is 17.0 Å². The second-order valence-corrected chi connectivity index (χ2v) is 7.51. The van der Waals surface area contributed by atoms with Crippen LogP contribution in [0.2, 0.25) is 0 Å². The molecular formula is C21H24BF4N3. The number of fused-ring (bicyclic) bond motifs is 1. The van der Waals surface area contributed by atoms with Crippen LogP contribution in [0.5, 0.6) is 0 Å². The van der Waals surface area contributed by atoms with Crippen LogP contribution >= 0.6 is 0 Å². The Hall–Kier alpha value is -2.64. The quantitative estimate of drug-likeness (QED) is 0.337.